The van der Waals surface area contributed by atoms with Gasteiger partial charge in [-0.05, 0) is 23.8 Å². The van der Waals surface area contributed by atoms with Gasteiger partial charge in [0.15, 0.2) is 5.78 Å². The first kappa shape index (κ1) is 13.1. The van der Waals surface area contributed by atoms with Crippen LogP contribution in [0.15, 0.2) is 48.5 Å². The maximum atomic E-state index is 12.4. The first-order valence-corrected chi connectivity index (χ1v) is 6.39. The van der Waals surface area contributed by atoms with Gasteiger partial charge in [0.25, 0.3) is 0 Å². The summed E-state index contributed by atoms with van der Waals surface area (Å²) in [6, 6.07) is 14.6. The van der Waals surface area contributed by atoms with E-state index in [0.717, 1.165) is 5.56 Å². The molecule has 0 aliphatic carbocycles. The van der Waals surface area contributed by atoms with Crippen molar-refractivity contribution in [1.82, 2.24) is 0 Å². The SMILES string of the molecule is CC(C(=O)c1cc(Cl)ccc1Cl)c1ccccc1. The molecule has 0 saturated carbocycles. The third kappa shape index (κ3) is 2.74. The molecule has 2 aromatic rings. The molecule has 0 N–H and O–H groups in total. The Bertz CT molecular complexity index is 564. The Morgan fingerprint density at radius 3 is 2.39 bits per heavy atom. The highest BCUT2D eigenvalue weighted by atomic mass is 35.5. The van der Waals surface area contributed by atoms with Crippen molar-refractivity contribution in [2.24, 2.45) is 0 Å². The van der Waals surface area contributed by atoms with E-state index >= 15 is 0 Å². The number of benzene rings is 2. The summed E-state index contributed by atoms with van der Waals surface area (Å²) < 4.78 is 0. The molecular formula is C15H12Cl2O. The minimum Gasteiger partial charge on any atom is -0.293 e. The van der Waals surface area contributed by atoms with Crippen LogP contribution < -0.4 is 0 Å². The Hall–Kier alpha value is -1.31. The molecule has 0 radical (unpaired) electrons. The molecule has 0 heterocycles. The van der Waals surface area contributed by atoms with E-state index in [2.05, 4.69) is 0 Å². The second-order valence-electron chi connectivity index (χ2n) is 4.12. The maximum Gasteiger partial charge on any atom is 0.171 e. The molecule has 2 rings (SSSR count). The van der Waals surface area contributed by atoms with E-state index in [-0.39, 0.29) is 11.7 Å². The fraction of sp³-hybridized carbons (Fsp3) is 0.133. The highest BCUT2D eigenvalue weighted by molar-refractivity contribution is 6.36. The highest BCUT2D eigenvalue weighted by Crippen LogP contribution is 2.27. The van der Waals surface area contributed by atoms with Crippen LogP contribution in [-0.2, 0) is 0 Å². The first-order chi connectivity index (χ1) is 8.59. The van der Waals surface area contributed by atoms with E-state index in [1.54, 1.807) is 18.2 Å². The van der Waals surface area contributed by atoms with E-state index in [0.29, 0.717) is 15.6 Å². The summed E-state index contributed by atoms with van der Waals surface area (Å²) in [6.07, 6.45) is 0. The van der Waals surface area contributed by atoms with E-state index in [1.165, 1.54) is 0 Å². The largest absolute Gasteiger partial charge is 0.293 e. The Labute approximate surface area is 116 Å². The maximum absolute atomic E-state index is 12.4. The molecule has 3 heteroatoms. The number of Topliss-reactive ketones (excluding diaryl/α,β-unsaturated/α-hetero) is 1. The molecule has 1 unspecified atom stereocenters. The molecule has 18 heavy (non-hydrogen) atoms. The van der Waals surface area contributed by atoms with Crippen molar-refractivity contribution in [1.29, 1.82) is 0 Å². The van der Waals surface area contributed by atoms with E-state index < -0.39 is 0 Å². The Kier molecular flexibility index (Phi) is 4.05. The van der Waals surface area contributed by atoms with Gasteiger partial charge in [-0.1, -0.05) is 60.5 Å². The summed E-state index contributed by atoms with van der Waals surface area (Å²) in [5.41, 5.74) is 1.44. The molecule has 0 aliphatic heterocycles. The number of halogens is 2. The van der Waals surface area contributed by atoms with E-state index in [9.17, 15) is 4.79 Å². The van der Waals surface area contributed by atoms with Crippen molar-refractivity contribution < 1.29 is 4.79 Å². The minimum absolute atomic E-state index is 0.0197. The zero-order valence-corrected chi connectivity index (χ0v) is 11.4. The van der Waals surface area contributed by atoms with Crippen molar-refractivity contribution in [2.75, 3.05) is 0 Å². The van der Waals surface area contributed by atoms with Gasteiger partial charge >= 0.3 is 0 Å². The molecule has 0 amide bonds. The Balaban J connectivity index is 2.34. The normalized spacial score (nSPS) is 12.2. The molecule has 0 aliphatic rings. The minimum atomic E-state index is -0.234. The van der Waals surface area contributed by atoms with Gasteiger partial charge in [-0.3, -0.25) is 4.79 Å². The lowest BCUT2D eigenvalue weighted by Crippen LogP contribution is -2.10. The summed E-state index contributed by atoms with van der Waals surface area (Å²) in [5.74, 6) is -0.254. The average molecular weight is 279 g/mol. The second kappa shape index (κ2) is 5.55. The van der Waals surface area contributed by atoms with Crippen LogP contribution in [0.1, 0.15) is 28.8 Å². The van der Waals surface area contributed by atoms with Gasteiger partial charge in [0.2, 0.25) is 0 Å². The molecule has 0 aromatic heterocycles. The quantitative estimate of drug-likeness (QED) is 0.724. The lowest BCUT2D eigenvalue weighted by atomic mass is 9.92. The summed E-state index contributed by atoms with van der Waals surface area (Å²) in [6.45, 7) is 1.87. The summed E-state index contributed by atoms with van der Waals surface area (Å²) in [7, 11) is 0. The standard InChI is InChI=1S/C15H12Cl2O/c1-10(11-5-3-2-4-6-11)15(18)13-9-12(16)7-8-14(13)17/h2-10H,1H3. The van der Waals surface area contributed by atoms with Crippen molar-refractivity contribution in [2.45, 2.75) is 12.8 Å². The highest BCUT2D eigenvalue weighted by Gasteiger charge is 2.19. The molecular weight excluding hydrogens is 267 g/mol. The Morgan fingerprint density at radius 1 is 1.06 bits per heavy atom. The monoisotopic (exact) mass is 278 g/mol. The fourth-order valence-corrected chi connectivity index (χ4v) is 2.20. The molecule has 2 aromatic carbocycles. The summed E-state index contributed by atoms with van der Waals surface area (Å²) in [4.78, 5) is 12.4. The van der Waals surface area contributed by atoms with Crippen LogP contribution in [0.25, 0.3) is 0 Å². The first-order valence-electron chi connectivity index (χ1n) is 5.64. The van der Waals surface area contributed by atoms with Crippen molar-refractivity contribution in [3.05, 3.63) is 69.7 Å². The number of ketones is 1. The molecule has 0 bridgehead atoms. The predicted molar refractivity (Wildman–Crippen MR) is 75.6 cm³/mol. The number of hydrogen-bond acceptors (Lipinski definition) is 1. The molecule has 0 saturated heterocycles. The summed E-state index contributed by atoms with van der Waals surface area (Å²) >= 11 is 11.9. The van der Waals surface area contributed by atoms with Crippen LogP contribution in [0.3, 0.4) is 0 Å². The topological polar surface area (TPSA) is 17.1 Å². The lowest BCUT2D eigenvalue weighted by molar-refractivity contribution is 0.0966. The van der Waals surface area contributed by atoms with Gasteiger partial charge in [0.05, 0.1) is 5.02 Å². The third-order valence-electron chi connectivity index (χ3n) is 2.89. The van der Waals surface area contributed by atoms with Crippen LogP contribution in [0, 0.1) is 0 Å². The van der Waals surface area contributed by atoms with E-state index in [1.807, 2.05) is 37.3 Å². The van der Waals surface area contributed by atoms with Crippen LogP contribution in [-0.4, -0.2) is 5.78 Å². The summed E-state index contributed by atoms with van der Waals surface area (Å²) in [5, 5.41) is 0.954. The van der Waals surface area contributed by atoms with Crippen LogP contribution >= 0.6 is 23.2 Å². The fourth-order valence-electron chi connectivity index (χ4n) is 1.81. The van der Waals surface area contributed by atoms with Gasteiger partial charge in [0, 0.05) is 16.5 Å². The number of hydrogen-bond donors (Lipinski definition) is 0. The second-order valence-corrected chi connectivity index (χ2v) is 4.96. The molecule has 1 atom stereocenters. The van der Waals surface area contributed by atoms with E-state index in [4.69, 9.17) is 23.2 Å². The van der Waals surface area contributed by atoms with Crippen LogP contribution in [0.5, 0.6) is 0 Å². The Morgan fingerprint density at radius 2 is 1.72 bits per heavy atom. The lowest BCUT2D eigenvalue weighted by Gasteiger charge is -2.12. The van der Waals surface area contributed by atoms with Gasteiger partial charge < -0.3 is 0 Å². The number of carbonyl (C=O) groups excluding carboxylic acids is 1. The smallest absolute Gasteiger partial charge is 0.171 e. The van der Waals surface area contributed by atoms with Crippen molar-refractivity contribution in [3.8, 4) is 0 Å². The zero-order valence-electron chi connectivity index (χ0n) is 9.86. The molecule has 92 valence electrons. The molecule has 1 nitrogen and oxygen atoms in total. The molecule has 0 spiro atoms. The predicted octanol–water partition coefficient (Wildman–Crippen LogP) is 4.98. The third-order valence-corrected chi connectivity index (χ3v) is 3.45. The zero-order chi connectivity index (χ0) is 13.1. The van der Waals surface area contributed by atoms with Crippen LogP contribution in [0.4, 0.5) is 0 Å². The average Bonchev–Trinajstić information content (AvgIpc) is 2.41. The van der Waals surface area contributed by atoms with Gasteiger partial charge in [-0.25, -0.2) is 0 Å². The van der Waals surface area contributed by atoms with Crippen molar-refractivity contribution in [3.63, 3.8) is 0 Å². The van der Waals surface area contributed by atoms with Crippen molar-refractivity contribution >= 4 is 29.0 Å². The van der Waals surface area contributed by atoms with Gasteiger partial charge in [-0.15, -0.1) is 0 Å². The number of carbonyl (C=O) groups is 1. The van der Waals surface area contributed by atoms with Gasteiger partial charge in [-0.2, -0.15) is 0 Å². The number of rotatable bonds is 3. The van der Waals surface area contributed by atoms with Crippen LogP contribution in [0.2, 0.25) is 10.0 Å². The molecule has 0 fully saturated rings. The van der Waals surface area contributed by atoms with Gasteiger partial charge in [0.1, 0.15) is 0 Å².